The van der Waals surface area contributed by atoms with Crippen molar-refractivity contribution >= 4 is 16.7 Å². The smallest absolute Gasteiger partial charge is 0.367 e. The van der Waals surface area contributed by atoms with Crippen LogP contribution >= 0.6 is 0 Å². The van der Waals surface area contributed by atoms with Gasteiger partial charge >= 0.3 is 5.69 Å². The molecule has 0 bridgehead atoms. The fourth-order valence-electron chi connectivity index (χ4n) is 3.46. The Kier molecular flexibility index (Phi) is 3.81. The zero-order valence-electron chi connectivity index (χ0n) is 13.9. The SMILES string of the molecule is N#Cc1c(-c2ccccc2)n(O)c2cc(N3CCCC3)c(F)cc2[n+]1=O. The minimum absolute atomic E-state index is 0.0783. The largest absolute Gasteiger partial charge is 0.427 e. The molecule has 0 amide bonds. The highest BCUT2D eigenvalue weighted by Crippen LogP contribution is 2.30. The highest BCUT2D eigenvalue weighted by atomic mass is 19.1. The molecule has 1 aromatic heterocycles. The summed E-state index contributed by atoms with van der Waals surface area (Å²) in [4.78, 5) is 14.6. The monoisotopic (exact) mass is 351 g/mol. The summed E-state index contributed by atoms with van der Waals surface area (Å²) in [6, 6.07) is 13.0. The lowest BCUT2D eigenvalue weighted by Crippen LogP contribution is -2.26. The van der Waals surface area contributed by atoms with Gasteiger partial charge in [-0.1, -0.05) is 30.3 Å². The van der Waals surface area contributed by atoms with Crippen molar-refractivity contribution in [2.75, 3.05) is 18.0 Å². The van der Waals surface area contributed by atoms with Crippen LogP contribution in [0, 0.1) is 22.1 Å². The van der Waals surface area contributed by atoms with E-state index in [1.165, 1.54) is 6.07 Å². The second-order valence-corrected chi connectivity index (χ2v) is 6.27. The third-order valence-corrected chi connectivity index (χ3v) is 4.73. The zero-order valence-corrected chi connectivity index (χ0v) is 13.9. The van der Waals surface area contributed by atoms with E-state index >= 15 is 0 Å². The van der Waals surface area contributed by atoms with E-state index in [0.717, 1.165) is 36.7 Å². The van der Waals surface area contributed by atoms with Crippen LogP contribution in [0.1, 0.15) is 18.5 Å². The van der Waals surface area contributed by atoms with E-state index in [0.29, 0.717) is 15.7 Å². The fraction of sp³-hybridized carbons (Fsp3) is 0.211. The predicted octanol–water partition coefficient (Wildman–Crippen LogP) is 3.07. The second-order valence-electron chi connectivity index (χ2n) is 6.27. The van der Waals surface area contributed by atoms with Crippen LogP contribution < -0.4 is 9.33 Å². The van der Waals surface area contributed by atoms with Gasteiger partial charge in [-0.15, -0.1) is 0 Å². The molecule has 1 fully saturated rings. The average Bonchev–Trinajstić information content (AvgIpc) is 3.19. The van der Waals surface area contributed by atoms with Crippen LogP contribution in [0.2, 0.25) is 0 Å². The first kappa shape index (κ1) is 16.1. The van der Waals surface area contributed by atoms with Gasteiger partial charge in [-0.2, -0.15) is 9.99 Å². The minimum Gasteiger partial charge on any atom is -0.427 e. The Morgan fingerprint density at radius 1 is 1.15 bits per heavy atom. The molecular formula is C19H16FN4O2+. The Hall–Kier alpha value is -3.40. The molecule has 2 aromatic carbocycles. The molecule has 4 rings (SSSR count). The summed E-state index contributed by atoms with van der Waals surface area (Å²) in [6.45, 7) is 1.46. The summed E-state index contributed by atoms with van der Waals surface area (Å²) in [5, 5.41) is 20.2. The van der Waals surface area contributed by atoms with E-state index in [1.54, 1.807) is 30.3 Å². The molecule has 0 unspecified atom stereocenters. The van der Waals surface area contributed by atoms with Gasteiger partial charge in [-0.3, -0.25) is 0 Å². The van der Waals surface area contributed by atoms with Crippen molar-refractivity contribution < 1.29 is 14.0 Å². The second kappa shape index (κ2) is 6.15. The Balaban J connectivity index is 2.07. The molecule has 130 valence electrons. The van der Waals surface area contributed by atoms with Gasteiger partial charge in [-0.05, 0) is 18.9 Å². The van der Waals surface area contributed by atoms with Crippen molar-refractivity contribution in [1.82, 2.24) is 4.73 Å². The molecule has 0 aliphatic carbocycles. The van der Waals surface area contributed by atoms with Crippen LogP contribution in [0.15, 0.2) is 42.5 Å². The number of nitriles is 1. The number of rotatable bonds is 2. The van der Waals surface area contributed by atoms with E-state index in [2.05, 4.69) is 0 Å². The fourth-order valence-corrected chi connectivity index (χ4v) is 3.46. The van der Waals surface area contributed by atoms with Gasteiger partial charge in [0, 0.05) is 23.6 Å². The Morgan fingerprint density at radius 2 is 1.85 bits per heavy atom. The van der Waals surface area contributed by atoms with Crippen molar-refractivity contribution in [2.24, 2.45) is 0 Å². The topological polar surface area (TPSA) is 75.2 Å². The number of nitrogens with zero attached hydrogens (tertiary/aromatic N) is 4. The zero-order chi connectivity index (χ0) is 18.3. The molecule has 0 atom stereocenters. The lowest BCUT2D eigenvalue weighted by molar-refractivity contribution is -0.468. The predicted molar refractivity (Wildman–Crippen MR) is 94.0 cm³/mol. The van der Waals surface area contributed by atoms with Crippen LogP contribution in [0.4, 0.5) is 10.1 Å². The molecule has 0 spiro atoms. The van der Waals surface area contributed by atoms with Crippen LogP contribution in [0.5, 0.6) is 0 Å². The summed E-state index contributed by atoms with van der Waals surface area (Å²) < 4.78 is 15.8. The van der Waals surface area contributed by atoms with Gasteiger partial charge < -0.3 is 10.1 Å². The van der Waals surface area contributed by atoms with E-state index in [4.69, 9.17) is 0 Å². The molecule has 7 heteroatoms. The van der Waals surface area contributed by atoms with Gasteiger partial charge in [0.25, 0.3) is 5.52 Å². The summed E-state index contributed by atoms with van der Waals surface area (Å²) in [6.07, 6.45) is 1.95. The van der Waals surface area contributed by atoms with Gasteiger partial charge in [0.05, 0.1) is 16.2 Å². The van der Waals surface area contributed by atoms with Crippen molar-refractivity contribution in [1.29, 1.82) is 5.26 Å². The van der Waals surface area contributed by atoms with Gasteiger partial charge in [-0.25, -0.2) is 4.39 Å². The van der Waals surface area contributed by atoms with Crippen molar-refractivity contribution in [2.45, 2.75) is 12.8 Å². The van der Waals surface area contributed by atoms with Crippen molar-refractivity contribution in [3.05, 3.63) is 58.9 Å². The summed E-state index contributed by atoms with van der Waals surface area (Å²) in [7, 11) is 0. The first-order valence-electron chi connectivity index (χ1n) is 8.36. The number of anilines is 1. The summed E-state index contributed by atoms with van der Waals surface area (Å²) in [5.41, 5.74) is 0.714. The van der Waals surface area contributed by atoms with E-state index in [-0.39, 0.29) is 22.4 Å². The standard InChI is InChI=1S/C19H16FN4O2/c20-14-10-16-17(11-15(14)22-8-4-5-9-22)24(26)19(18(12-21)23(16)25)13-6-2-1-3-7-13/h1-3,6-7,10-11,26H,4-5,8-9H2/q+1. The maximum atomic E-state index is 14.6. The Labute approximate surface area is 148 Å². The van der Waals surface area contributed by atoms with E-state index < -0.39 is 5.82 Å². The van der Waals surface area contributed by atoms with Gasteiger partial charge in [0.15, 0.2) is 23.1 Å². The van der Waals surface area contributed by atoms with Crippen molar-refractivity contribution in [3.8, 4) is 17.3 Å². The van der Waals surface area contributed by atoms with Gasteiger partial charge in [0.2, 0.25) is 0 Å². The number of hydrogen-bond acceptors (Lipinski definition) is 4. The average molecular weight is 351 g/mol. The molecule has 0 saturated carbocycles. The number of benzene rings is 2. The molecule has 6 nitrogen and oxygen atoms in total. The van der Waals surface area contributed by atoms with Gasteiger partial charge in [0.1, 0.15) is 0 Å². The molecule has 3 aromatic rings. The maximum Gasteiger partial charge on any atom is 0.367 e. The molecule has 1 N–H and O–H groups in total. The molecule has 26 heavy (non-hydrogen) atoms. The first-order chi connectivity index (χ1) is 12.6. The number of halogens is 1. The lowest BCUT2D eigenvalue weighted by atomic mass is 10.1. The normalized spacial score (nSPS) is 13.9. The van der Waals surface area contributed by atoms with Crippen molar-refractivity contribution in [3.63, 3.8) is 0 Å². The minimum atomic E-state index is -0.541. The lowest BCUT2D eigenvalue weighted by Gasteiger charge is -2.18. The highest BCUT2D eigenvalue weighted by Gasteiger charge is 2.29. The third-order valence-electron chi connectivity index (χ3n) is 4.73. The van der Waals surface area contributed by atoms with Crippen LogP contribution in [0.3, 0.4) is 0 Å². The molecule has 1 saturated heterocycles. The number of aromatic nitrogens is 2. The molecule has 2 heterocycles. The summed E-state index contributed by atoms with van der Waals surface area (Å²) >= 11 is 0. The third kappa shape index (κ3) is 2.39. The quantitative estimate of drug-likeness (QED) is 0.569. The highest BCUT2D eigenvalue weighted by molar-refractivity contribution is 5.81. The number of fused-ring (bicyclic) bond motifs is 1. The first-order valence-corrected chi connectivity index (χ1v) is 8.36. The molecule has 1 aliphatic rings. The Morgan fingerprint density at radius 3 is 2.50 bits per heavy atom. The van der Waals surface area contributed by atoms with E-state index in [1.807, 2.05) is 11.0 Å². The maximum absolute atomic E-state index is 14.6. The number of hydrogen-bond donors (Lipinski definition) is 1. The van der Waals surface area contributed by atoms with Crippen LogP contribution in [0.25, 0.3) is 22.3 Å². The molecule has 0 radical (unpaired) electrons. The summed E-state index contributed by atoms with van der Waals surface area (Å²) in [5.74, 6) is -0.541. The molecule has 1 aliphatic heterocycles. The Bertz CT molecular complexity index is 1100. The van der Waals surface area contributed by atoms with Crippen LogP contribution in [-0.4, -0.2) is 23.0 Å². The van der Waals surface area contributed by atoms with E-state index in [9.17, 15) is 19.8 Å². The molecular weight excluding hydrogens is 335 g/mol. The van der Waals surface area contributed by atoms with Crippen LogP contribution in [-0.2, 0) is 0 Å².